The van der Waals surface area contributed by atoms with E-state index in [0.29, 0.717) is 11.3 Å². The summed E-state index contributed by atoms with van der Waals surface area (Å²) in [4.78, 5) is 16.5. The fraction of sp³-hybridized carbons (Fsp3) is 0.533. The first-order chi connectivity index (χ1) is 9.50. The topological polar surface area (TPSA) is 58.8 Å². The second-order valence-corrected chi connectivity index (χ2v) is 5.43. The van der Waals surface area contributed by atoms with Crippen molar-refractivity contribution in [2.45, 2.75) is 18.9 Å². The van der Waals surface area contributed by atoms with Gasteiger partial charge in [0.25, 0.3) is 5.91 Å². The van der Waals surface area contributed by atoms with E-state index in [1.54, 1.807) is 6.07 Å². The number of rotatable bonds is 3. The van der Waals surface area contributed by atoms with E-state index in [1.807, 2.05) is 43.1 Å². The smallest absolute Gasteiger partial charge is 0.256 e. The van der Waals surface area contributed by atoms with Gasteiger partial charge in [0.2, 0.25) is 0 Å². The monoisotopic (exact) mass is 277 g/mol. The van der Waals surface area contributed by atoms with Crippen molar-refractivity contribution in [3.8, 4) is 0 Å². The maximum atomic E-state index is 12.7. The molecule has 1 aromatic carbocycles. The lowest BCUT2D eigenvalue weighted by Gasteiger charge is -2.32. The van der Waals surface area contributed by atoms with E-state index in [4.69, 9.17) is 10.5 Å². The van der Waals surface area contributed by atoms with Gasteiger partial charge in [-0.1, -0.05) is 0 Å². The van der Waals surface area contributed by atoms with E-state index in [0.717, 1.165) is 31.7 Å². The molecule has 0 saturated carbocycles. The van der Waals surface area contributed by atoms with Crippen LogP contribution in [0.5, 0.6) is 0 Å². The first-order valence-corrected chi connectivity index (χ1v) is 6.92. The number of nitrogen functional groups attached to an aromatic ring is 1. The molecule has 0 radical (unpaired) electrons. The Labute approximate surface area is 120 Å². The third-order valence-electron chi connectivity index (χ3n) is 3.79. The normalized spacial score (nSPS) is 15.9. The molecule has 0 aromatic heterocycles. The van der Waals surface area contributed by atoms with Gasteiger partial charge in [-0.25, -0.2) is 0 Å². The number of nitrogens with two attached hydrogens (primary N) is 1. The molecule has 0 aliphatic carbocycles. The van der Waals surface area contributed by atoms with Crippen LogP contribution in [0.4, 0.5) is 11.4 Å². The van der Waals surface area contributed by atoms with Crippen LogP contribution in [0, 0.1) is 0 Å². The highest BCUT2D eigenvalue weighted by atomic mass is 16.5. The van der Waals surface area contributed by atoms with Crippen LogP contribution in [0.2, 0.25) is 0 Å². The van der Waals surface area contributed by atoms with Gasteiger partial charge in [-0.15, -0.1) is 0 Å². The minimum absolute atomic E-state index is 0.0212. The van der Waals surface area contributed by atoms with Crippen LogP contribution in [0.25, 0.3) is 0 Å². The molecule has 0 bridgehead atoms. The average Bonchev–Trinajstić information content (AvgIpc) is 2.46. The fourth-order valence-electron chi connectivity index (χ4n) is 2.54. The first-order valence-electron chi connectivity index (χ1n) is 6.92. The number of hydrogen-bond acceptors (Lipinski definition) is 4. The van der Waals surface area contributed by atoms with E-state index in [1.165, 1.54) is 0 Å². The predicted molar refractivity (Wildman–Crippen MR) is 81.1 cm³/mol. The molecule has 1 aliphatic heterocycles. The number of hydrogen-bond donors (Lipinski definition) is 1. The van der Waals surface area contributed by atoms with Crippen molar-refractivity contribution in [1.82, 2.24) is 4.90 Å². The van der Waals surface area contributed by atoms with Crippen molar-refractivity contribution in [2.24, 2.45) is 0 Å². The summed E-state index contributed by atoms with van der Waals surface area (Å²) in [5.41, 5.74) is 7.99. The van der Waals surface area contributed by atoms with Gasteiger partial charge in [-0.2, -0.15) is 0 Å². The van der Waals surface area contributed by atoms with Gasteiger partial charge in [-0.05, 0) is 31.0 Å². The van der Waals surface area contributed by atoms with Gasteiger partial charge >= 0.3 is 0 Å². The highest BCUT2D eigenvalue weighted by molar-refractivity contribution is 6.00. The molecule has 5 nitrogen and oxygen atoms in total. The molecule has 5 heteroatoms. The van der Waals surface area contributed by atoms with Crippen molar-refractivity contribution in [1.29, 1.82) is 0 Å². The highest BCUT2D eigenvalue weighted by Crippen LogP contribution is 2.24. The molecule has 0 spiro atoms. The van der Waals surface area contributed by atoms with Crippen LogP contribution in [-0.2, 0) is 4.74 Å². The molecular formula is C15H23N3O2. The van der Waals surface area contributed by atoms with Crippen molar-refractivity contribution < 1.29 is 9.53 Å². The van der Waals surface area contributed by atoms with E-state index in [9.17, 15) is 4.79 Å². The maximum Gasteiger partial charge on any atom is 0.256 e. The Bertz CT molecular complexity index is 482. The summed E-state index contributed by atoms with van der Waals surface area (Å²) in [6.07, 6.45) is 1.78. The summed E-state index contributed by atoms with van der Waals surface area (Å²) in [6.45, 7) is 1.44. The van der Waals surface area contributed by atoms with E-state index in [2.05, 4.69) is 0 Å². The molecular weight excluding hydrogens is 254 g/mol. The minimum atomic E-state index is 0.0212. The number of amides is 1. The van der Waals surface area contributed by atoms with Gasteiger partial charge in [-0.3, -0.25) is 4.79 Å². The summed E-state index contributed by atoms with van der Waals surface area (Å²) in [6, 6.07) is 5.71. The highest BCUT2D eigenvalue weighted by Gasteiger charge is 2.25. The van der Waals surface area contributed by atoms with Gasteiger partial charge in [0.1, 0.15) is 0 Å². The Morgan fingerprint density at radius 1 is 1.25 bits per heavy atom. The Balaban J connectivity index is 2.25. The number of anilines is 2. The Morgan fingerprint density at radius 2 is 1.90 bits per heavy atom. The molecule has 1 amide bonds. The molecule has 0 unspecified atom stereocenters. The van der Waals surface area contributed by atoms with Crippen molar-refractivity contribution in [3.63, 3.8) is 0 Å². The molecule has 110 valence electrons. The van der Waals surface area contributed by atoms with Crippen molar-refractivity contribution >= 4 is 17.3 Å². The number of benzene rings is 1. The maximum absolute atomic E-state index is 12.7. The molecule has 2 N–H and O–H groups in total. The van der Waals surface area contributed by atoms with Crippen LogP contribution < -0.4 is 10.6 Å². The molecule has 1 aliphatic rings. The number of carbonyl (C=O) groups excluding carboxylic acids is 1. The molecule has 1 saturated heterocycles. The van der Waals surface area contributed by atoms with Crippen LogP contribution in [0.15, 0.2) is 18.2 Å². The second kappa shape index (κ2) is 6.13. The quantitative estimate of drug-likeness (QED) is 0.852. The number of carbonyl (C=O) groups is 1. The molecule has 0 atom stereocenters. The van der Waals surface area contributed by atoms with Crippen molar-refractivity contribution in [3.05, 3.63) is 23.8 Å². The number of nitrogens with zero attached hydrogens (tertiary/aromatic N) is 2. The minimum Gasteiger partial charge on any atom is -0.399 e. The predicted octanol–water partition coefficient (Wildman–Crippen LogP) is 1.59. The lowest BCUT2D eigenvalue weighted by atomic mass is 10.0. The van der Waals surface area contributed by atoms with Crippen molar-refractivity contribution in [2.75, 3.05) is 45.0 Å². The summed E-state index contributed by atoms with van der Waals surface area (Å²) >= 11 is 0. The van der Waals surface area contributed by atoms with Crippen LogP contribution in [0.1, 0.15) is 23.2 Å². The Morgan fingerprint density at radius 3 is 2.50 bits per heavy atom. The largest absolute Gasteiger partial charge is 0.399 e. The summed E-state index contributed by atoms with van der Waals surface area (Å²) < 4.78 is 5.35. The number of ether oxygens (including phenoxy) is 1. The van der Waals surface area contributed by atoms with Crippen LogP contribution in [0.3, 0.4) is 0 Å². The first kappa shape index (κ1) is 14.7. The zero-order valence-electron chi connectivity index (χ0n) is 12.4. The fourth-order valence-corrected chi connectivity index (χ4v) is 2.54. The van der Waals surface area contributed by atoms with E-state index < -0.39 is 0 Å². The third-order valence-corrected chi connectivity index (χ3v) is 3.79. The van der Waals surface area contributed by atoms with E-state index in [-0.39, 0.29) is 11.9 Å². The summed E-state index contributed by atoms with van der Waals surface area (Å²) in [7, 11) is 5.72. The zero-order valence-corrected chi connectivity index (χ0v) is 12.4. The molecule has 1 fully saturated rings. The third kappa shape index (κ3) is 3.04. The van der Waals surface area contributed by atoms with Crippen LogP contribution in [-0.4, -0.2) is 51.2 Å². The van der Waals surface area contributed by atoms with Gasteiger partial charge < -0.3 is 20.3 Å². The van der Waals surface area contributed by atoms with Gasteiger partial charge in [0, 0.05) is 51.8 Å². The van der Waals surface area contributed by atoms with Gasteiger partial charge in [0.15, 0.2) is 0 Å². The lowest BCUT2D eigenvalue weighted by molar-refractivity contribution is 0.0362. The summed E-state index contributed by atoms with van der Waals surface area (Å²) in [5.74, 6) is 0.0212. The molecule has 1 aromatic rings. The average molecular weight is 277 g/mol. The van der Waals surface area contributed by atoms with Crippen LogP contribution >= 0.6 is 0 Å². The molecule has 2 rings (SSSR count). The van der Waals surface area contributed by atoms with E-state index >= 15 is 0 Å². The second-order valence-electron chi connectivity index (χ2n) is 5.43. The molecule has 1 heterocycles. The standard InChI is InChI=1S/C15H23N3O2/c1-17(2)14-5-4-11(16)10-13(14)15(19)18(3)12-6-8-20-9-7-12/h4-5,10,12H,6-9,16H2,1-3H3. The Hall–Kier alpha value is -1.75. The SMILES string of the molecule is CN(C)c1ccc(N)cc1C(=O)N(C)C1CCOCC1. The molecule has 20 heavy (non-hydrogen) atoms. The summed E-state index contributed by atoms with van der Waals surface area (Å²) in [5, 5.41) is 0. The zero-order chi connectivity index (χ0) is 14.7. The van der Waals surface area contributed by atoms with Gasteiger partial charge in [0.05, 0.1) is 5.56 Å². The Kier molecular flexibility index (Phi) is 4.49. The lowest BCUT2D eigenvalue weighted by Crippen LogP contribution is -2.41.